The number of aliphatic carboxylic acids is 1. The number of aliphatic hydroxyl groups is 3. The summed E-state index contributed by atoms with van der Waals surface area (Å²) < 4.78 is 0. The van der Waals surface area contributed by atoms with Crippen LogP contribution in [0.25, 0.3) is 0 Å². The number of hydrogen-bond acceptors (Lipinski definition) is 5. The first-order valence-electron chi connectivity index (χ1n) is 4.21. The van der Waals surface area contributed by atoms with Crippen molar-refractivity contribution in [2.24, 2.45) is 0 Å². The van der Waals surface area contributed by atoms with Crippen LogP contribution in [0, 0.1) is 0 Å². The summed E-state index contributed by atoms with van der Waals surface area (Å²) in [7, 11) is 0. The van der Waals surface area contributed by atoms with E-state index in [2.05, 4.69) is 4.98 Å². The first-order valence-corrected chi connectivity index (χ1v) is 4.21. The largest absolute Gasteiger partial charge is 0.479 e. The first kappa shape index (κ1) is 11.6. The van der Waals surface area contributed by atoms with Crippen LogP contribution in [-0.4, -0.2) is 37.5 Å². The highest BCUT2D eigenvalue weighted by Gasteiger charge is 2.26. The van der Waals surface area contributed by atoms with Gasteiger partial charge in [0.15, 0.2) is 6.10 Å². The molecular formula is C9H11NO5. The highest BCUT2D eigenvalue weighted by Crippen LogP contribution is 2.15. The van der Waals surface area contributed by atoms with Crippen LogP contribution in [0.1, 0.15) is 17.4 Å². The Hall–Kier alpha value is -1.50. The molecule has 0 saturated heterocycles. The summed E-state index contributed by atoms with van der Waals surface area (Å²) in [6.07, 6.45) is -2.21. The van der Waals surface area contributed by atoms with Crippen LogP contribution in [-0.2, 0) is 11.4 Å². The monoisotopic (exact) mass is 213 g/mol. The maximum Gasteiger partial charge on any atom is 0.335 e. The van der Waals surface area contributed by atoms with Gasteiger partial charge in [0, 0.05) is 6.20 Å². The number of nitrogens with zero attached hydrogens (tertiary/aromatic N) is 1. The van der Waals surface area contributed by atoms with Crippen LogP contribution in [0.15, 0.2) is 18.3 Å². The molecule has 15 heavy (non-hydrogen) atoms. The molecule has 0 aliphatic carbocycles. The molecule has 2 atom stereocenters. The molecule has 6 nitrogen and oxygen atoms in total. The van der Waals surface area contributed by atoms with Gasteiger partial charge < -0.3 is 20.4 Å². The fourth-order valence-electron chi connectivity index (χ4n) is 1.05. The topological polar surface area (TPSA) is 111 Å². The number of aromatic nitrogens is 1. The maximum atomic E-state index is 10.4. The van der Waals surface area contributed by atoms with E-state index >= 15 is 0 Å². The Balaban J connectivity index is 2.90. The van der Waals surface area contributed by atoms with E-state index in [0.29, 0.717) is 5.56 Å². The van der Waals surface area contributed by atoms with Gasteiger partial charge in [0.05, 0.1) is 12.3 Å². The molecule has 0 spiro atoms. The third-order valence-corrected chi connectivity index (χ3v) is 1.88. The van der Waals surface area contributed by atoms with Crippen LogP contribution in [0.2, 0.25) is 0 Å². The molecule has 4 N–H and O–H groups in total. The summed E-state index contributed by atoms with van der Waals surface area (Å²) in [6.45, 7) is -0.245. The van der Waals surface area contributed by atoms with Crippen molar-refractivity contribution in [1.82, 2.24) is 4.98 Å². The number of carboxylic acids is 1. The van der Waals surface area contributed by atoms with Crippen molar-refractivity contribution >= 4 is 5.97 Å². The minimum absolute atomic E-state index is 0.0106. The van der Waals surface area contributed by atoms with E-state index in [0.717, 1.165) is 0 Å². The van der Waals surface area contributed by atoms with E-state index in [1.165, 1.54) is 18.3 Å². The number of carbonyl (C=O) groups is 1. The maximum absolute atomic E-state index is 10.4. The molecule has 0 aliphatic heterocycles. The third-order valence-electron chi connectivity index (χ3n) is 1.88. The second-order valence-corrected chi connectivity index (χ2v) is 2.97. The second kappa shape index (κ2) is 4.83. The smallest absolute Gasteiger partial charge is 0.335 e. The van der Waals surface area contributed by atoms with Gasteiger partial charge in [-0.2, -0.15) is 0 Å². The van der Waals surface area contributed by atoms with Crippen LogP contribution >= 0.6 is 0 Å². The van der Waals surface area contributed by atoms with Gasteiger partial charge >= 0.3 is 5.97 Å². The van der Waals surface area contributed by atoms with E-state index in [4.69, 9.17) is 15.3 Å². The van der Waals surface area contributed by atoms with E-state index < -0.39 is 18.2 Å². The fraction of sp³-hybridized carbons (Fsp3) is 0.333. The molecule has 6 heteroatoms. The molecule has 0 amide bonds. The molecule has 82 valence electrons. The fourth-order valence-corrected chi connectivity index (χ4v) is 1.05. The molecule has 0 saturated carbocycles. The molecular weight excluding hydrogens is 202 g/mol. The minimum Gasteiger partial charge on any atom is -0.479 e. The average molecular weight is 213 g/mol. The van der Waals surface area contributed by atoms with E-state index in [-0.39, 0.29) is 12.3 Å². The van der Waals surface area contributed by atoms with E-state index in [9.17, 15) is 9.90 Å². The predicted molar refractivity (Wildman–Crippen MR) is 48.8 cm³/mol. The number of carboxylic acid groups (broad SMARTS) is 1. The average Bonchev–Trinajstić information content (AvgIpc) is 2.27. The normalized spacial score (nSPS) is 14.6. The lowest BCUT2D eigenvalue weighted by atomic mass is 10.1. The van der Waals surface area contributed by atoms with Gasteiger partial charge in [-0.25, -0.2) is 4.79 Å². The van der Waals surface area contributed by atoms with Gasteiger partial charge in [-0.1, -0.05) is 0 Å². The standard InChI is InChI=1S/C9H11NO5/c11-4-5-1-2-10-6(3-5)7(12)8(13)9(14)15/h1-3,7-8,11-13H,4H2,(H,14,15). The summed E-state index contributed by atoms with van der Waals surface area (Å²) in [5.41, 5.74) is 0.494. The van der Waals surface area contributed by atoms with E-state index in [1.807, 2.05) is 0 Å². The van der Waals surface area contributed by atoms with Crippen molar-refractivity contribution in [2.45, 2.75) is 18.8 Å². The molecule has 1 rings (SSSR count). The molecule has 0 fully saturated rings. The molecule has 1 heterocycles. The Morgan fingerprint density at radius 1 is 1.47 bits per heavy atom. The summed E-state index contributed by atoms with van der Waals surface area (Å²) in [4.78, 5) is 14.1. The zero-order valence-electron chi connectivity index (χ0n) is 7.74. The lowest BCUT2D eigenvalue weighted by Gasteiger charge is -2.13. The van der Waals surface area contributed by atoms with Gasteiger partial charge in [-0.3, -0.25) is 4.98 Å². The van der Waals surface area contributed by atoms with Crippen molar-refractivity contribution < 1.29 is 25.2 Å². The third kappa shape index (κ3) is 2.72. The van der Waals surface area contributed by atoms with Crippen molar-refractivity contribution in [3.05, 3.63) is 29.6 Å². The SMILES string of the molecule is O=C(O)C(O)C(O)c1cc(CO)ccn1. The summed E-state index contributed by atoms with van der Waals surface area (Å²) in [6, 6.07) is 2.85. The zero-order chi connectivity index (χ0) is 11.4. The molecule has 0 aromatic carbocycles. The molecule has 0 radical (unpaired) electrons. The number of aliphatic hydroxyl groups excluding tert-OH is 3. The summed E-state index contributed by atoms with van der Waals surface area (Å²) in [5, 5.41) is 35.7. The molecule has 1 aromatic heterocycles. The Kier molecular flexibility index (Phi) is 3.73. The van der Waals surface area contributed by atoms with Crippen molar-refractivity contribution in [3.8, 4) is 0 Å². The highest BCUT2D eigenvalue weighted by molar-refractivity contribution is 5.72. The molecule has 0 aliphatic rings. The van der Waals surface area contributed by atoms with Crippen molar-refractivity contribution in [3.63, 3.8) is 0 Å². The van der Waals surface area contributed by atoms with Gasteiger partial charge in [0.25, 0.3) is 0 Å². The second-order valence-electron chi connectivity index (χ2n) is 2.97. The number of pyridine rings is 1. The number of hydrogen-bond donors (Lipinski definition) is 4. The van der Waals surface area contributed by atoms with Gasteiger partial charge in [-0.15, -0.1) is 0 Å². The van der Waals surface area contributed by atoms with Gasteiger partial charge in [-0.05, 0) is 17.7 Å². The summed E-state index contributed by atoms with van der Waals surface area (Å²) in [5.74, 6) is -1.53. The Labute approximate surface area is 85.4 Å². The van der Waals surface area contributed by atoms with Crippen LogP contribution in [0.4, 0.5) is 0 Å². The zero-order valence-corrected chi connectivity index (χ0v) is 7.74. The lowest BCUT2D eigenvalue weighted by molar-refractivity contribution is -0.153. The summed E-state index contributed by atoms with van der Waals surface area (Å²) >= 11 is 0. The first-order chi connectivity index (χ1) is 7.06. The quantitative estimate of drug-likeness (QED) is 0.513. The molecule has 1 aromatic rings. The highest BCUT2D eigenvalue weighted by atomic mass is 16.4. The van der Waals surface area contributed by atoms with Crippen molar-refractivity contribution in [2.75, 3.05) is 0 Å². The van der Waals surface area contributed by atoms with Gasteiger partial charge in [0.2, 0.25) is 0 Å². The Bertz CT molecular complexity index is 354. The van der Waals surface area contributed by atoms with Gasteiger partial charge in [0.1, 0.15) is 6.10 Å². The minimum atomic E-state index is -1.92. The van der Waals surface area contributed by atoms with E-state index in [1.54, 1.807) is 0 Å². The van der Waals surface area contributed by atoms with Crippen LogP contribution in [0.3, 0.4) is 0 Å². The predicted octanol–water partition coefficient (Wildman–Crippen LogP) is -0.947. The van der Waals surface area contributed by atoms with Crippen LogP contribution < -0.4 is 0 Å². The van der Waals surface area contributed by atoms with Crippen LogP contribution in [0.5, 0.6) is 0 Å². The lowest BCUT2D eigenvalue weighted by Crippen LogP contribution is -2.28. The Morgan fingerprint density at radius 3 is 2.67 bits per heavy atom. The Morgan fingerprint density at radius 2 is 2.13 bits per heavy atom. The molecule has 0 bridgehead atoms. The number of rotatable bonds is 4. The molecule has 2 unspecified atom stereocenters. The van der Waals surface area contributed by atoms with Crippen molar-refractivity contribution in [1.29, 1.82) is 0 Å².